The third-order valence-corrected chi connectivity index (χ3v) is 2.37. The van der Waals surface area contributed by atoms with E-state index in [-0.39, 0.29) is 19.7 Å². The Labute approximate surface area is 107 Å². The van der Waals surface area contributed by atoms with Gasteiger partial charge in [-0.05, 0) is 0 Å². The Hall–Kier alpha value is -1.35. The van der Waals surface area contributed by atoms with Crippen molar-refractivity contribution in [1.82, 2.24) is 4.90 Å². The van der Waals surface area contributed by atoms with E-state index in [9.17, 15) is 22.8 Å². The molecule has 0 aromatic heterocycles. The van der Waals surface area contributed by atoms with Crippen LogP contribution in [0.2, 0.25) is 0 Å². The lowest BCUT2D eigenvalue weighted by molar-refractivity contribution is -0.180. The lowest BCUT2D eigenvalue weighted by atomic mass is 10.2. The van der Waals surface area contributed by atoms with Crippen LogP contribution in [0.4, 0.5) is 13.2 Å². The molecule has 0 bridgehead atoms. The van der Waals surface area contributed by atoms with Crippen molar-refractivity contribution in [3.05, 3.63) is 0 Å². The summed E-state index contributed by atoms with van der Waals surface area (Å²) in [7, 11) is 1.18. The van der Waals surface area contributed by atoms with Crippen LogP contribution in [0, 0.1) is 0 Å². The largest absolute Gasteiger partial charge is 0.467 e. The van der Waals surface area contributed by atoms with Crippen LogP contribution in [-0.4, -0.2) is 69.1 Å². The van der Waals surface area contributed by atoms with Gasteiger partial charge >= 0.3 is 12.1 Å². The molecule has 1 unspecified atom stereocenters. The molecule has 1 aliphatic rings. The lowest BCUT2D eigenvalue weighted by Crippen LogP contribution is -2.50. The van der Waals surface area contributed by atoms with Gasteiger partial charge in [0.05, 0.1) is 20.3 Å². The third-order valence-electron chi connectivity index (χ3n) is 2.37. The fourth-order valence-electron chi connectivity index (χ4n) is 1.50. The monoisotopic (exact) mass is 285 g/mol. The molecule has 0 spiro atoms. The molecule has 0 aromatic rings. The quantitative estimate of drug-likeness (QED) is 0.678. The van der Waals surface area contributed by atoms with E-state index in [1.807, 2.05) is 0 Å². The highest BCUT2D eigenvalue weighted by molar-refractivity contribution is 5.80. The van der Waals surface area contributed by atoms with Crippen LogP contribution in [0.5, 0.6) is 0 Å². The fourth-order valence-corrected chi connectivity index (χ4v) is 1.50. The van der Waals surface area contributed by atoms with Crippen LogP contribution >= 0.6 is 0 Å². The summed E-state index contributed by atoms with van der Waals surface area (Å²) in [5.74, 6) is -1.25. The molecule has 1 rings (SSSR count). The van der Waals surface area contributed by atoms with Crippen molar-refractivity contribution in [2.45, 2.75) is 12.3 Å². The minimum Gasteiger partial charge on any atom is -0.467 e. The molecule has 1 saturated heterocycles. The molecule has 1 aliphatic heterocycles. The van der Waals surface area contributed by atoms with Crippen molar-refractivity contribution < 1.29 is 37.0 Å². The Kier molecular flexibility index (Phi) is 5.55. The number of methoxy groups -OCH3 is 1. The molecule has 6 nitrogen and oxygen atoms in total. The van der Waals surface area contributed by atoms with Gasteiger partial charge in [0, 0.05) is 6.54 Å². The third kappa shape index (κ3) is 5.43. The normalized spacial score (nSPS) is 20.2. The first kappa shape index (κ1) is 15.7. The Morgan fingerprint density at radius 2 is 2.11 bits per heavy atom. The summed E-state index contributed by atoms with van der Waals surface area (Å²) in [5, 5.41) is 0. The van der Waals surface area contributed by atoms with Crippen molar-refractivity contribution in [2.24, 2.45) is 0 Å². The molecular formula is C10H14F3NO5. The summed E-state index contributed by atoms with van der Waals surface area (Å²) in [6.45, 7) is -1.91. The lowest BCUT2D eigenvalue weighted by Gasteiger charge is -2.31. The van der Waals surface area contributed by atoms with E-state index < -0.39 is 37.4 Å². The minimum atomic E-state index is -4.47. The van der Waals surface area contributed by atoms with Gasteiger partial charge in [0.15, 0.2) is 6.10 Å². The van der Waals surface area contributed by atoms with Crippen molar-refractivity contribution in [2.75, 3.05) is 40.0 Å². The van der Waals surface area contributed by atoms with Crippen LogP contribution in [0.15, 0.2) is 0 Å². The number of carbonyl (C=O) groups is 2. The van der Waals surface area contributed by atoms with Crippen molar-refractivity contribution in [1.29, 1.82) is 0 Å². The first-order valence-electron chi connectivity index (χ1n) is 5.45. The average Bonchev–Trinajstić information content (AvgIpc) is 2.36. The van der Waals surface area contributed by atoms with Gasteiger partial charge in [-0.1, -0.05) is 0 Å². The Morgan fingerprint density at radius 1 is 1.42 bits per heavy atom. The maximum absolute atomic E-state index is 11.8. The van der Waals surface area contributed by atoms with E-state index in [2.05, 4.69) is 9.47 Å². The van der Waals surface area contributed by atoms with Gasteiger partial charge in [-0.15, -0.1) is 0 Å². The summed E-state index contributed by atoms with van der Waals surface area (Å²) in [6, 6.07) is 0. The fraction of sp³-hybridized carbons (Fsp3) is 0.800. The molecule has 0 radical (unpaired) electrons. The Bertz CT molecular complexity index is 334. The first-order valence-corrected chi connectivity index (χ1v) is 5.45. The van der Waals surface area contributed by atoms with Crippen LogP contribution in [0.25, 0.3) is 0 Å². The van der Waals surface area contributed by atoms with Gasteiger partial charge in [0.1, 0.15) is 13.2 Å². The zero-order chi connectivity index (χ0) is 14.5. The first-order chi connectivity index (χ1) is 8.83. The van der Waals surface area contributed by atoms with Gasteiger partial charge in [0.2, 0.25) is 5.91 Å². The number of hydrogen-bond donors (Lipinski definition) is 0. The van der Waals surface area contributed by atoms with E-state index in [1.165, 1.54) is 12.0 Å². The zero-order valence-corrected chi connectivity index (χ0v) is 10.2. The number of nitrogens with zero attached hydrogens (tertiary/aromatic N) is 1. The molecule has 0 aromatic carbocycles. The number of halogens is 3. The van der Waals surface area contributed by atoms with Gasteiger partial charge in [0.25, 0.3) is 0 Å². The number of alkyl halides is 3. The number of hydrogen-bond acceptors (Lipinski definition) is 5. The summed E-state index contributed by atoms with van der Waals surface area (Å²) in [4.78, 5) is 24.0. The van der Waals surface area contributed by atoms with Crippen LogP contribution in [0.3, 0.4) is 0 Å². The van der Waals surface area contributed by atoms with Gasteiger partial charge in [-0.25, -0.2) is 4.79 Å². The topological polar surface area (TPSA) is 65.1 Å². The van der Waals surface area contributed by atoms with Gasteiger partial charge in [-0.2, -0.15) is 13.2 Å². The number of esters is 1. The van der Waals surface area contributed by atoms with E-state index >= 15 is 0 Å². The predicted octanol–water partition coefficient (Wildman–Crippen LogP) is -0.0343. The van der Waals surface area contributed by atoms with E-state index in [4.69, 9.17) is 4.74 Å². The second-order valence-electron chi connectivity index (χ2n) is 3.83. The highest BCUT2D eigenvalue weighted by atomic mass is 19.4. The molecule has 0 N–H and O–H groups in total. The Morgan fingerprint density at radius 3 is 2.68 bits per heavy atom. The average molecular weight is 285 g/mol. The molecule has 1 fully saturated rings. The number of amides is 1. The minimum absolute atomic E-state index is 0.0547. The SMILES string of the molecule is COC(=O)C1CN(C(=O)COCC(F)(F)F)CCO1. The van der Waals surface area contributed by atoms with Crippen molar-refractivity contribution in [3.63, 3.8) is 0 Å². The predicted molar refractivity (Wildman–Crippen MR) is 55.2 cm³/mol. The maximum Gasteiger partial charge on any atom is 0.411 e. The summed E-state index contributed by atoms with van der Waals surface area (Å²) in [6.07, 6.45) is -5.38. The van der Waals surface area contributed by atoms with Crippen molar-refractivity contribution >= 4 is 11.9 Å². The number of rotatable bonds is 4. The Balaban J connectivity index is 2.38. The molecule has 1 heterocycles. The van der Waals surface area contributed by atoms with Crippen LogP contribution < -0.4 is 0 Å². The number of morpholine rings is 1. The van der Waals surface area contributed by atoms with Gasteiger partial charge < -0.3 is 19.1 Å². The van der Waals surface area contributed by atoms with Crippen LogP contribution in [0.1, 0.15) is 0 Å². The second-order valence-corrected chi connectivity index (χ2v) is 3.83. The second kappa shape index (κ2) is 6.71. The van der Waals surface area contributed by atoms with E-state index in [1.54, 1.807) is 0 Å². The molecule has 0 aliphatic carbocycles. The molecule has 1 amide bonds. The highest BCUT2D eigenvalue weighted by Crippen LogP contribution is 2.14. The number of carbonyl (C=O) groups excluding carboxylic acids is 2. The van der Waals surface area contributed by atoms with Crippen LogP contribution in [-0.2, 0) is 23.8 Å². The van der Waals surface area contributed by atoms with Crippen molar-refractivity contribution in [3.8, 4) is 0 Å². The molecule has 0 saturated carbocycles. The highest BCUT2D eigenvalue weighted by Gasteiger charge is 2.31. The molecule has 19 heavy (non-hydrogen) atoms. The molecular weight excluding hydrogens is 271 g/mol. The summed E-state index contributed by atoms with van der Waals surface area (Å²) >= 11 is 0. The smallest absolute Gasteiger partial charge is 0.411 e. The molecule has 9 heteroatoms. The number of ether oxygens (including phenoxy) is 3. The van der Waals surface area contributed by atoms with E-state index in [0.29, 0.717) is 0 Å². The summed E-state index contributed by atoms with van der Waals surface area (Å²) in [5.41, 5.74) is 0. The summed E-state index contributed by atoms with van der Waals surface area (Å²) < 4.78 is 49.3. The molecule has 1 atom stereocenters. The maximum atomic E-state index is 11.8. The zero-order valence-electron chi connectivity index (χ0n) is 10.2. The van der Waals surface area contributed by atoms with Gasteiger partial charge in [-0.3, -0.25) is 4.79 Å². The molecule has 110 valence electrons. The standard InChI is InChI=1S/C10H14F3NO5/c1-17-9(16)7-4-14(2-3-19-7)8(15)5-18-6-10(11,12)13/h7H,2-6H2,1H3. The van der Waals surface area contributed by atoms with E-state index in [0.717, 1.165) is 0 Å².